The zero-order valence-corrected chi connectivity index (χ0v) is 10.1. The van der Waals surface area contributed by atoms with Crippen molar-refractivity contribution in [3.63, 3.8) is 0 Å². The van der Waals surface area contributed by atoms with Gasteiger partial charge in [-0.3, -0.25) is 14.9 Å². The van der Waals surface area contributed by atoms with Gasteiger partial charge >= 0.3 is 6.18 Å². The van der Waals surface area contributed by atoms with Crippen molar-refractivity contribution in [2.75, 3.05) is 12.3 Å². The highest BCUT2D eigenvalue weighted by atomic mass is 19.4. The number of amides is 1. The van der Waals surface area contributed by atoms with E-state index in [4.69, 9.17) is 5.73 Å². The van der Waals surface area contributed by atoms with Gasteiger partial charge in [-0.1, -0.05) is 0 Å². The summed E-state index contributed by atoms with van der Waals surface area (Å²) < 4.78 is 35.7. The molecule has 10 heteroatoms. The van der Waals surface area contributed by atoms with Gasteiger partial charge in [-0.15, -0.1) is 0 Å². The molecule has 0 unspecified atom stereocenters. The maximum absolute atomic E-state index is 11.9. The largest absolute Gasteiger partial charge is 0.389 e. The van der Waals surface area contributed by atoms with Crippen LogP contribution >= 0.6 is 0 Å². The fraction of sp³-hybridized carbons (Fsp3) is 0.400. The number of nitro groups is 1. The van der Waals surface area contributed by atoms with E-state index in [1.165, 1.54) is 0 Å². The van der Waals surface area contributed by atoms with Crippen LogP contribution in [0.25, 0.3) is 0 Å². The highest BCUT2D eigenvalue weighted by molar-refractivity contribution is 5.98. The Bertz CT molecular complexity index is 519. The maximum Gasteiger partial charge on any atom is 0.389 e. The number of aromatic nitrogens is 1. The van der Waals surface area contributed by atoms with Gasteiger partial charge in [0.2, 0.25) is 0 Å². The Morgan fingerprint density at radius 2 is 2.15 bits per heavy atom. The summed E-state index contributed by atoms with van der Waals surface area (Å²) in [5, 5.41) is 12.7. The molecule has 20 heavy (non-hydrogen) atoms. The number of pyridine rings is 1. The minimum Gasteiger partial charge on any atom is -0.383 e. The van der Waals surface area contributed by atoms with E-state index in [0.717, 1.165) is 12.3 Å². The van der Waals surface area contributed by atoms with Crippen molar-refractivity contribution >= 4 is 17.4 Å². The maximum atomic E-state index is 11.9. The Hall–Kier alpha value is -2.39. The number of nitrogens with two attached hydrogens (primary N) is 1. The van der Waals surface area contributed by atoms with Crippen LogP contribution in [-0.4, -0.2) is 28.5 Å². The Labute approximate surface area is 111 Å². The van der Waals surface area contributed by atoms with Crippen LogP contribution in [0.4, 0.5) is 24.7 Å². The van der Waals surface area contributed by atoms with Crippen molar-refractivity contribution in [3.8, 4) is 0 Å². The number of nitrogens with one attached hydrogen (secondary N) is 1. The van der Waals surface area contributed by atoms with Gasteiger partial charge in [-0.05, 0) is 6.42 Å². The lowest BCUT2D eigenvalue weighted by molar-refractivity contribution is -0.385. The van der Waals surface area contributed by atoms with E-state index in [1.807, 2.05) is 0 Å². The second-order valence-electron chi connectivity index (χ2n) is 3.86. The van der Waals surface area contributed by atoms with Crippen LogP contribution in [0.2, 0.25) is 0 Å². The van der Waals surface area contributed by atoms with Gasteiger partial charge in [0, 0.05) is 19.0 Å². The molecule has 7 nitrogen and oxygen atoms in total. The van der Waals surface area contributed by atoms with Crippen LogP contribution < -0.4 is 11.1 Å². The first-order chi connectivity index (χ1) is 9.20. The summed E-state index contributed by atoms with van der Waals surface area (Å²) in [6, 6.07) is 0.918. The summed E-state index contributed by atoms with van der Waals surface area (Å²) in [5.41, 5.74) is 4.71. The number of nitrogen functional groups attached to an aromatic ring is 1. The summed E-state index contributed by atoms with van der Waals surface area (Å²) in [5.74, 6) is -1.04. The molecule has 0 saturated carbocycles. The monoisotopic (exact) mass is 292 g/mol. The second kappa shape index (κ2) is 6.17. The lowest BCUT2D eigenvalue weighted by Crippen LogP contribution is -2.26. The van der Waals surface area contributed by atoms with E-state index >= 15 is 0 Å². The number of hydrogen-bond donors (Lipinski definition) is 2. The van der Waals surface area contributed by atoms with Gasteiger partial charge in [0.05, 0.1) is 10.5 Å². The molecule has 0 aromatic carbocycles. The molecule has 0 spiro atoms. The number of rotatable bonds is 5. The van der Waals surface area contributed by atoms with Crippen LogP contribution in [0.5, 0.6) is 0 Å². The third-order valence-electron chi connectivity index (χ3n) is 2.28. The van der Waals surface area contributed by atoms with E-state index in [1.54, 1.807) is 0 Å². The summed E-state index contributed by atoms with van der Waals surface area (Å²) in [7, 11) is 0. The van der Waals surface area contributed by atoms with Crippen molar-refractivity contribution in [1.82, 2.24) is 10.3 Å². The molecule has 0 radical (unpaired) electrons. The zero-order chi connectivity index (χ0) is 15.3. The average molecular weight is 292 g/mol. The van der Waals surface area contributed by atoms with Crippen LogP contribution in [0, 0.1) is 10.1 Å². The van der Waals surface area contributed by atoms with Gasteiger partial charge in [-0.25, -0.2) is 4.98 Å². The summed E-state index contributed by atoms with van der Waals surface area (Å²) in [6.45, 7) is -0.222. The first-order valence-corrected chi connectivity index (χ1v) is 5.45. The minimum atomic E-state index is -4.29. The predicted octanol–water partition coefficient (Wildman–Crippen LogP) is 1.64. The molecule has 0 atom stereocenters. The molecule has 3 N–H and O–H groups in total. The van der Waals surface area contributed by atoms with Crippen molar-refractivity contribution in [2.24, 2.45) is 0 Å². The minimum absolute atomic E-state index is 0.222. The predicted molar refractivity (Wildman–Crippen MR) is 62.9 cm³/mol. The Morgan fingerprint density at radius 3 is 2.70 bits per heavy atom. The highest BCUT2D eigenvalue weighted by Gasteiger charge is 2.26. The molecule has 0 fully saturated rings. The van der Waals surface area contributed by atoms with Gasteiger partial charge in [0.15, 0.2) is 0 Å². The molecule has 0 saturated heterocycles. The van der Waals surface area contributed by atoms with Crippen LogP contribution in [0.1, 0.15) is 23.2 Å². The van der Waals surface area contributed by atoms with Gasteiger partial charge in [0.1, 0.15) is 12.0 Å². The molecule has 1 rings (SSSR count). The Balaban J connectivity index is 2.63. The molecule has 1 aromatic heterocycles. The number of hydrogen-bond acceptors (Lipinski definition) is 5. The van der Waals surface area contributed by atoms with Gasteiger partial charge in [-0.2, -0.15) is 13.2 Å². The Kier molecular flexibility index (Phi) is 4.83. The van der Waals surface area contributed by atoms with Crippen molar-refractivity contribution in [3.05, 3.63) is 27.9 Å². The van der Waals surface area contributed by atoms with Crippen molar-refractivity contribution in [1.29, 1.82) is 0 Å². The van der Waals surface area contributed by atoms with Gasteiger partial charge in [0.25, 0.3) is 11.6 Å². The molecule has 1 aromatic rings. The number of nitrogens with zero attached hydrogens (tertiary/aromatic N) is 2. The van der Waals surface area contributed by atoms with Crippen LogP contribution in [0.15, 0.2) is 12.3 Å². The van der Waals surface area contributed by atoms with Gasteiger partial charge < -0.3 is 11.1 Å². The molecule has 110 valence electrons. The lowest BCUT2D eigenvalue weighted by Gasteiger charge is -2.08. The van der Waals surface area contributed by atoms with Crippen molar-refractivity contribution in [2.45, 2.75) is 19.0 Å². The second-order valence-corrected chi connectivity index (χ2v) is 3.86. The Morgan fingerprint density at radius 1 is 1.50 bits per heavy atom. The molecule has 0 aliphatic heterocycles. The molecule has 1 amide bonds. The van der Waals surface area contributed by atoms with Crippen molar-refractivity contribution < 1.29 is 22.9 Å². The molecular formula is C10H11F3N4O3. The smallest absolute Gasteiger partial charge is 0.383 e. The molecular weight excluding hydrogens is 281 g/mol. The van der Waals surface area contributed by atoms with Crippen LogP contribution in [0.3, 0.4) is 0 Å². The topological polar surface area (TPSA) is 111 Å². The quantitative estimate of drug-likeness (QED) is 0.487. The third-order valence-corrected chi connectivity index (χ3v) is 2.28. The summed E-state index contributed by atoms with van der Waals surface area (Å²) in [6.07, 6.45) is -4.74. The lowest BCUT2D eigenvalue weighted by atomic mass is 10.2. The first kappa shape index (κ1) is 15.7. The summed E-state index contributed by atoms with van der Waals surface area (Å²) >= 11 is 0. The number of carbonyl (C=O) groups is 1. The van der Waals surface area contributed by atoms with E-state index in [9.17, 15) is 28.1 Å². The van der Waals surface area contributed by atoms with Crippen LogP contribution in [-0.2, 0) is 0 Å². The number of carbonyl (C=O) groups excluding carboxylic acids is 1. The summed E-state index contributed by atoms with van der Waals surface area (Å²) in [4.78, 5) is 24.9. The number of alkyl halides is 3. The molecule has 0 aliphatic rings. The fourth-order valence-corrected chi connectivity index (χ4v) is 1.33. The molecule has 0 bridgehead atoms. The SMILES string of the molecule is Nc1ncc([N+](=O)[O-])cc1C(=O)NCCCC(F)(F)F. The number of anilines is 1. The molecule has 1 heterocycles. The standard InChI is InChI=1S/C10H11F3N4O3/c11-10(12,13)2-1-3-15-9(18)7-4-6(17(19)20)5-16-8(7)14/h4-5H,1-3H2,(H2,14,16)(H,15,18). The molecule has 0 aliphatic carbocycles. The number of halogens is 3. The van der Waals surface area contributed by atoms with E-state index in [2.05, 4.69) is 10.3 Å². The van der Waals surface area contributed by atoms with E-state index in [-0.39, 0.29) is 24.3 Å². The fourth-order valence-electron chi connectivity index (χ4n) is 1.33. The highest BCUT2D eigenvalue weighted by Crippen LogP contribution is 2.21. The first-order valence-electron chi connectivity index (χ1n) is 5.45. The van der Waals surface area contributed by atoms with E-state index < -0.39 is 29.1 Å². The normalized spacial score (nSPS) is 11.2. The third kappa shape index (κ3) is 4.71. The average Bonchev–Trinajstić information content (AvgIpc) is 2.33. The zero-order valence-electron chi connectivity index (χ0n) is 10.1. The van der Waals surface area contributed by atoms with E-state index in [0.29, 0.717) is 0 Å².